The summed E-state index contributed by atoms with van der Waals surface area (Å²) in [5.41, 5.74) is 1.50. The second-order valence-electron chi connectivity index (χ2n) is 11.1. The minimum atomic E-state index is -0.524. The van der Waals surface area contributed by atoms with Crippen molar-refractivity contribution in [1.29, 1.82) is 0 Å². The number of rotatable bonds is 7. The van der Waals surface area contributed by atoms with Gasteiger partial charge in [-0.3, -0.25) is 14.4 Å². The maximum atomic E-state index is 12.9. The Hall–Kier alpha value is -3.62. The van der Waals surface area contributed by atoms with Crippen molar-refractivity contribution < 1.29 is 14.4 Å². The quantitative estimate of drug-likeness (QED) is 0.493. The Bertz CT molecular complexity index is 1280. The maximum Gasteiger partial charge on any atom is 0.272 e. The minimum Gasteiger partial charge on any atom is -0.364 e. The van der Waals surface area contributed by atoms with Gasteiger partial charge in [0.25, 0.3) is 5.91 Å². The summed E-state index contributed by atoms with van der Waals surface area (Å²) in [4.78, 5) is 43.0. The van der Waals surface area contributed by atoms with E-state index in [1.54, 1.807) is 65.6 Å². The van der Waals surface area contributed by atoms with Crippen molar-refractivity contribution in [3.05, 3.63) is 53.5 Å². The van der Waals surface area contributed by atoms with Crippen LogP contribution in [0, 0.1) is 5.41 Å². The van der Waals surface area contributed by atoms with Gasteiger partial charge < -0.3 is 24.3 Å². The molecule has 3 heterocycles. The number of aryl methyl sites for hydroxylation is 3. The number of carbonyl (C=O) groups excluding carboxylic acids is 3. The minimum absolute atomic E-state index is 0.00435. The number of carbonyl (C=O) groups is 3. The van der Waals surface area contributed by atoms with Crippen molar-refractivity contribution >= 4 is 29.0 Å². The highest BCUT2D eigenvalue weighted by Crippen LogP contribution is 2.24. The summed E-state index contributed by atoms with van der Waals surface area (Å²) in [6.45, 7) is 11.7. The highest BCUT2D eigenvalue weighted by molar-refractivity contribution is 6.05. The lowest BCUT2D eigenvalue weighted by atomic mass is 9.89. The van der Waals surface area contributed by atoms with E-state index in [9.17, 15) is 14.4 Å². The fourth-order valence-electron chi connectivity index (χ4n) is 3.83. The molecule has 2 N–H and O–H groups in total. The number of anilines is 2. The standard InChI is InChI=1S/C26H36N6O3/c1-25(2,3)22(34)18-12-17(14-31(18)8)27-24(35)19-10-16(13-30(19)7)11-20(33)23-28-21(15-32(23)9)29-26(4,5)6/h10,12-15,29H,11H2,1-9H3,(H,27,35). The molecule has 35 heavy (non-hydrogen) atoms. The summed E-state index contributed by atoms with van der Waals surface area (Å²) in [5, 5.41) is 6.13. The Kier molecular flexibility index (Phi) is 6.83. The molecule has 0 spiro atoms. The molecule has 0 bridgehead atoms. The number of amides is 1. The van der Waals surface area contributed by atoms with Crippen LogP contribution < -0.4 is 10.6 Å². The zero-order chi connectivity index (χ0) is 26.3. The van der Waals surface area contributed by atoms with Crippen molar-refractivity contribution in [1.82, 2.24) is 18.7 Å². The Morgan fingerprint density at radius 2 is 1.49 bits per heavy atom. The predicted octanol–water partition coefficient (Wildman–Crippen LogP) is 4.21. The molecule has 0 saturated carbocycles. The predicted molar refractivity (Wildman–Crippen MR) is 137 cm³/mol. The first-order chi connectivity index (χ1) is 16.0. The van der Waals surface area contributed by atoms with Crippen LogP contribution in [-0.4, -0.2) is 41.7 Å². The van der Waals surface area contributed by atoms with Gasteiger partial charge >= 0.3 is 0 Å². The van der Waals surface area contributed by atoms with Gasteiger partial charge in [-0.1, -0.05) is 20.8 Å². The highest BCUT2D eigenvalue weighted by atomic mass is 16.2. The van der Waals surface area contributed by atoms with Crippen LogP contribution in [0.1, 0.15) is 78.7 Å². The molecule has 188 valence electrons. The third-order valence-electron chi connectivity index (χ3n) is 5.46. The van der Waals surface area contributed by atoms with Crippen LogP contribution in [-0.2, 0) is 27.6 Å². The normalized spacial score (nSPS) is 12.0. The summed E-state index contributed by atoms with van der Waals surface area (Å²) < 4.78 is 5.11. The number of hydrogen-bond donors (Lipinski definition) is 2. The molecule has 9 heteroatoms. The molecule has 0 radical (unpaired) electrons. The third-order valence-corrected chi connectivity index (χ3v) is 5.46. The first-order valence-corrected chi connectivity index (χ1v) is 11.6. The number of Topliss-reactive ketones (excluding diaryl/α,β-unsaturated/α-hetero) is 2. The maximum absolute atomic E-state index is 12.9. The molecule has 1 amide bonds. The van der Waals surface area contributed by atoms with Crippen molar-refractivity contribution in [2.75, 3.05) is 10.6 Å². The summed E-state index contributed by atoms with van der Waals surface area (Å²) in [5.74, 6) is 0.534. The summed E-state index contributed by atoms with van der Waals surface area (Å²) in [7, 11) is 5.33. The van der Waals surface area contributed by atoms with E-state index in [4.69, 9.17) is 0 Å². The van der Waals surface area contributed by atoms with Crippen molar-refractivity contribution in [3.8, 4) is 0 Å². The largest absolute Gasteiger partial charge is 0.364 e. The molecule has 0 aliphatic carbocycles. The Morgan fingerprint density at radius 1 is 0.857 bits per heavy atom. The van der Waals surface area contributed by atoms with E-state index in [1.165, 1.54) is 0 Å². The van der Waals surface area contributed by atoms with Crippen LogP contribution in [0.15, 0.2) is 30.7 Å². The van der Waals surface area contributed by atoms with E-state index >= 15 is 0 Å². The number of imidazole rings is 1. The van der Waals surface area contributed by atoms with Gasteiger partial charge in [0.1, 0.15) is 11.5 Å². The zero-order valence-corrected chi connectivity index (χ0v) is 22.1. The molecule has 3 aromatic rings. The van der Waals surface area contributed by atoms with E-state index in [2.05, 4.69) is 15.6 Å². The van der Waals surface area contributed by atoms with Crippen LogP contribution in [0.3, 0.4) is 0 Å². The Morgan fingerprint density at radius 3 is 2.09 bits per heavy atom. The van der Waals surface area contributed by atoms with Gasteiger partial charge in [0.2, 0.25) is 5.78 Å². The molecule has 0 unspecified atom stereocenters. The molecule has 0 fully saturated rings. The molecule has 0 atom stereocenters. The van der Waals surface area contributed by atoms with Gasteiger partial charge in [0.15, 0.2) is 11.6 Å². The van der Waals surface area contributed by atoms with E-state index in [0.29, 0.717) is 34.3 Å². The smallest absolute Gasteiger partial charge is 0.272 e. The van der Waals surface area contributed by atoms with Gasteiger partial charge in [0.05, 0.1) is 11.4 Å². The molecule has 3 rings (SSSR count). The lowest BCUT2D eigenvalue weighted by molar-refractivity contribution is 0.0849. The molecule has 0 aliphatic heterocycles. The highest BCUT2D eigenvalue weighted by Gasteiger charge is 2.26. The molecule has 3 aromatic heterocycles. The first-order valence-electron chi connectivity index (χ1n) is 11.6. The van der Waals surface area contributed by atoms with E-state index < -0.39 is 5.41 Å². The molecule has 9 nitrogen and oxygen atoms in total. The second kappa shape index (κ2) is 9.20. The Balaban J connectivity index is 1.73. The van der Waals surface area contributed by atoms with Gasteiger partial charge in [-0.15, -0.1) is 0 Å². The SMILES string of the molecule is Cn1cc(CC(=O)c2nc(NC(C)(C)C)cn2C)cc1C(=O)Nc1cc(C(=O)C(C)(C)C)n(C)c1. The average Bonchev–Trinajstić information content (AvgIpc) is 3.35. The van der Waals surface area contributed by atoms with Crippen LogP contribution in [0.2, 0.25) is 0 Å². The fraction of sp³-hybridized carbons (Fsp3) is 0.462. The molecular formula is C26H36N6O3. The molecule has 0 aliphatic rings. The lowest BCUT2D eigenvalue weighted by Gasteiger charge is -2.19. The number of ketones is 2. The number of nitrogens with zero attached hydrogens (tertiary/aromatic N) is 4. The average molecular weight is 481 g/mol. The summed E-state index contributed by atoms with van der Waals surface area (Å²) in [6.07, 6.45) is 5.40. The lowest BCUT2D eigenvalue weighted by Crippen LogP contribution is -2.26. The van der Waals surface area contributed by atoms with Gasteiger partial charge in [-0.25, -0.2) is 4.98 Å². The van der Waals surface area contributed by atoms with Gasteiger partial charge in [-0.2, -0.15) is 0 Å². The van der Waals surface area contributed by atoms with Crippen LogP contribution in [0.5, 0.6) is 0 Å². The van der Waals surface area contributed by atoms with Crippen molar-refractivity contribution in [3.63, 3.8) is 0 Å². The fourth-order valence-corrected chi connectivity index (χ4v) is 3.83. The molecular weight excluding hydrogens is 444 g/mol. The third kappa shape index (κ3) is 6.09. The van der Waals surface area contributed by atoms with Crippen molar-refractivity contribution in [2.45, 2.75) is 53.5 Å². The topological polar surface area (TPSA) is 103 Å². The number of aromatic nitrogens is 4. The second-order valence-corrected chi connectivity index (χ2v) is 11.1. The van der Waals surface area contributed by atoms with Gasteiger partial charge in [-0.05, 0) is 38.5 Å². The van der Waals surface area contributed by atoms with E-state index in [1.807, 2.05) is 41.5 Å². The number of nitrogens with one attached hydrogen (secondary N) is 2. The molecule has 0 aromatic carbocycles. The zero-order valence-electron chi connectivity index (χ0n) is 22.1. The number of hydrogen-bond acceptors (Lipinski definition) is 5. The van der Waals surface area contributed by atoms with E-state index in [-0.39, 0.29) is 29.4 Å². The van der Waals surface area contributed by atoms with Gasteiger partial charge in [0, 0.05) is 57.1 Å². The first kappa shape index (κ1) is 26.0. The van der Waals surface area contributed by atoms with Crippen molar-refractivity contribution in [2.24, 2.45) is 26.6 Å². The summed E-state index contributed by atoms with van der Waals surface area (Å²) >= 11 is 0. The van der Waals surface area contributed by atoms with Crippen LogP contribution >= 0.6 is 0 Å². The molecule has 0 saturated heterocycles. The van der Waals surface area contributed by atoms with Crippen LogP contribution in [0.25, 0.3) is 0 Å². The van der Waals surface area contributed by atoms with E-state index in [0.717, 1.165) is 0 Å². The van der Waals surface area contributed by atoms with Crippen LogP contribution in [0.4, 0.5) is 11.5 Å². The monoisotopic (exact) mass is 480 g/mol. The summed E-state index contributed by atoms with van der Waals surface area (Å²) in [6, 6.07) is 3.39. The Labute approximate surface area is 206 Å².